The minimum atomic E-state index is -3.24. The van der Waals surface area contributed by atoms with Crippen LogP contribution in [0, 0.1) is 11.7 Å². The van der Waals surface area contributed by atoms with Gasteiger partial charge in [-0.25, -0.2) is 12.8 Å². The lowest BCUT2D eigenvalue weighted by Crippen LogP contribution is -2.39. The SMILES string of the molecule is COc1cc(N)c(Cl)cc1C(=O)NCC1CCN(CCCS(=O)(=O)Cc2ccc(F)cc2)CC1. The van der Waals surface area contributed by atoms with Gasteiger partial charge in [0.05, 0.1) is 34.9 Å². The first-order chi connectivity index (χ1) is 16.2. The van der Waals surface area contributed by atoms with Crippen LogP contribution < -0.4 is 15.8 Å². The van der Waals surface area contributed by atoms with Crippen molar-refractivity contribution < 1.29 is 22.3 Å². The number of ether oxygens (including phenoxy) is 1. The molecule has 0 unspecified atom stereocenters. The summed E-state index contributed by atoms with van der Waals surface area (Å²) < 4.78 is 42.9. The summed E-state index contributed by atoms with van der Waals surface area (Å²) in [6.45, 7) is 2.97. The molecule has 0 bridgehead atoms. The monoisotopic (exact) mass is 511 g/mol. The van der Waals surface area contributed by atoms with Gasteiger partial charge in [-0.05, 0) is 68.6 Å². The van der Waals surface area contributed by atoms with Crippen LogP contribution in [0.1, 0.15) is 35.2 Å². The Morgan fingerprint density at radius 2 is 1.91 bits per heavy atom. The fourth-order valence-electron chi connectivity index (χ4n) is 4.08. The summed E-state index contributed by atoms with van der Waals surface area (Å²) in [5.74, 6) is 0.123. The molecule has 0 aromatic heterocycles. The maximum Gasteiger partial charge on any atom is 0.255 e. The van der Waals surface area contributed by atoms with Gasteiger partial charge in [0.2, 0.25) is 0 Å². The fraction of sp³-hybridized carbons (Fsp3) is 0.458. The number of likely N-dealkylation sites (tertiary alicyclic amines) is 1. The normalized spacial score (nSPS) is 15.3. The van der Waals surface area contributed by atoms with E-state index in [1.54, 1.807) is 0 Å². The number of piperidine rings is 1. The topological polar surface area (TPSA) is 102 Å². The van der Waals surface area contributed by atoms with Crippen LogP contribution in [0.2, 0.25) is 5.02 Å². The first-order valence-electron chi connectivity index (χ1n) is 11.3. The van der Waals surface area contributed by atoms with Gasteiger partial charge >= 0.3 is 0 Å². The average molecular weight is 512 g/mol. The van der Waals surface area contributed by atoms with Gasteiger partial charge in [0.1, 0.15) is 11.6 Å². The minimum Gasteiger partial charge on any atom is -0.496 e. The Balaban J connectivity index is 1.38. The molecular formula is C24H31ClFN3O4S. The van der Waals surface area contributed by atoms with E-state index in [0.717, 1.165) is 25.9 Å². The summed E-state index contributed by atoms with van der Waals surface area (Å²) >= 11 is 6.05. The zero-order valence-electron chi connectivity index (χ0n) is 19.2. The number of hydrogen-bond donors (Lipinski definition) is 2. The highest BCUT2D eigenvalue weighted by Gasteiger charge is 2.22. The Morgan fingerprint density at radius 1 is 1.24 bits per heavy atom. The zero-order chi connectivity index (χ0) is 24.7. The van der Waals surface area contributed by atoms with Crippen LogP contribution in [-0.2, 0) is 15.6 Å². The number of nitrogens with two attached hydrogens (primary N) is 1. The number of methoxy groups -OCH3 is 1. The Hall–Kier alpha value is -2.36. The lowest BCUT2D eigenvalue weighted by molar-refractivity contribution is 0.0933. The number of amides is 1. The first kappa shape index (κ1) is 26.2. The molecule has 10 heteroatoms. The molecule has 1 heterocycles. The van der Waals surface area contributed by atoms with E-state index in [1.165, 1.54) is 43.5 Å². The number of hydrogen-bond acceptors (Lipinski definition) is 6. The average Bonchev–Trinajstić information content (AvgIpc) is 2.81. The number of rotatable bonds is 10. The van der Waals surface area contributed by atoms with Crippen LogP contribution in [0.25, 0.3) is 0 Å². The molecule has 3 rings (SSSR count). The highest BCUT2D eigenvalue weighted by Crippen LogP contribution is 2.29. The maximum absolute atomic E-state index is 13.0. The lowest BCUT2D eigenvalue weighted by Gasteiger charge is -2.32. The summed E-state index contributed by atoms with van der Waals surface area (Å²) in [5.41, 5.74) is 7.07. The molecule has 34 heavy (non-hydrogen) atoms. The van der Waals surface area contributed by atoms with Crippen LogP contribution >= 0.6 is 11.6 Å². The number of halogens is 2. The van der Waals surface area contributed by atoms with Crippen molar-refractivity contribution in [1.82, 2.24) is 10.2 Å². The maximum atomic E-state index is 13.0. The number of benzene rings is 2. The Labute approximate surface area is 205 Å². The van der Waals surface area contributed by atoms with Crippen molar-refractivity contribution in [3.63, 3.8) is 0 Å². The van der Waals surface area contributed by atoms with Gasteiger partial charge in [-0.2, -0.15) is 0 Å². The number of nitrogens with zero attached hydrogens (tertiary/aromatic N) is 1. The molecular weight excluding hydrogens is 481 g/mol. The van der Waals surface area contributed by atoms with Crippen molar-refractivity contribution in [2.24, 2.45) is 5.92 Å². The second-order valence-electron chi connectivity index (χ2n) is 8.64. The second-order valence-corrected chi connectivity index (χ2v) is 11.2. The Morgan fingerprint density at radius 3 is 2.56 bits per heavy atom. The highest BCUT2D eigenvalue weighted by atomic mass is 35.5. The molecule has 1 amide bonds. The van der Waals surface area contributed by atoms with Crippen molar-refractivity contribution in [2.75, 3.05) is 44.8 Å². The van der Waals surface area contributed by atoms with Crippen molar-refractivity contribution in [3.05, 3.63) is 58.4 Å². The summed E-state index contributed by atoms with van der Waals surface area (Å²) in [4.78, 5) is 14.9. The number of carbonyl (C=O) groups excluding carboxylic acids is 1. The molecule has 2 aromatic rings. The largest absolute Gasteiger partial charge is 0.496 e. The fourth-order valence-corrected chi connectivity index (χ4v) is 5.65. The predicted molar refractivity (Wildman–Crippen MR) is 132 cm³/mol. The van der Waals surface area contributed by atoms with Crippen molar-refractivity contribution in [3.8, 4) is 5.75 Å². The van der Waals surface area contributed by atoms with Crippen LogP contribution in [0.5, 0.6) is 5.75 Å². The standard InChI is InChI=1S/C24H31ClFN3O4S/c1-33-23-14-22(27)21(25)13-20(23)24(30)28-15-17-7-10-29(11-8-17)9-2-12-34(31,32)16-18-3-5-19(26)6-4-18/h3-6,13-14,17H,2,7-12,15-16,27H2,1H3,(H,28,30). The van der Waals surface area contributed by atoms with E-state index < -0.39 is 9.84 Å². The molecule has 1 aliphatic rings. The molecule has 3 N–H and O–H groups in total. The Bertz CT molecular complexity index is 1090. The summed E-state index contributed by atoms with van der Waals surface area (Å²) in [7, 11) is -1.76. The van der Waals surface area contributed by atoms with Crippen LogP contribution in [-0.4, -0.2) is 58.3 Å². The molecule has 0 atom stereocenters. The predicted octanol–water partition coefficient (Wildman–Crippen LogP) is 3.52. The quantitative estimate of drug-likeness (QED) is 0.473. The summed E-state index contributed by atoms with van der Waals surface area (Å²) in [6.07, 6.45) is 2.40. The Kier molecular flexibility index (Phi) is 9.16. The van der Waals surface area contributed by atoms with Gasteiger partial charge in [-0.15, -0.1) is 0 Å². The lowest BCUT2D eigenvalue weighted by atomic mass is 9.96. The van der Waals surface area contributed by atoms with E-state index >= 15 is 0 Å². The number of nitrogen functional groups attached to an aromatic ring is 1. The van der Waals surface area contributed by atoms with Gasteiger partial charge in [0.25, 0.3) is 5.91 Å². The number of nitrogens with one attached hydrogen (secondary N) is 1. The second kappa shape index (κ2) is 11.9. The molecule has 7 nitrogen and oxygen atoms in total. The highest BCUT2D eigenvalue weighted by molar-refractivity contribution is 7.90. The van der Waals surface area contributed by atoms with E-state index in [-0.39, 0.29) is 23.2 Å². The van der Waals surface area contributed by atoms with Gasteiger partial charge in [0, 0.05) is 12.6 Å². The molecule has 0 saturated carbocycles. The van der Waals surface area contributed by atoms with Crippen molar-refractivity contribution >= 4 is 33.0 Å². The van der Waals surface area contributed by atoms with Crippen LogP contribution in [0.3, 0.4) is 0 Å². The molecule has 0 aliphatic carbocycles. The van der Waals surface area contributed by atoms with Crippen LogP contribution in [0.15, 0.2) is 36.4 Å². The van der Waals surface area contributed by atoms with Crippen LogP contribution in [0.4, 0.5) is 10.1 Å². The third-order valence-corrected chi connectivity index (χ3v) is 8.06. The van der Waals surface area contributed by atoms with Gasteiger partial charge in [-0.1, -0.05) is 23.7 Å². The van der Waals surface area contributed by atoms with E-state index in [2.05, 4.69) is 10.2 Å². The molecule has 0 radical (unpaired) electrons. The van der Waals surface area contributed by atoms with Crippen molar-refractivity contribution in [1.29, 1.82) is 0 Å². The number of anilines is 1. The molecule has 2 aromatic carbocycles. The number of carbonyl (C=O) groups is 1. The van der Waals surface area contributed by atoms with E-state index in [1.807, 2.05) is 0 Å². The van der Waals surface area contributed by atoms with Gasteiger partial charge in [0.15, 0.2) is 9.84 Å². The minimum absolute atomic E-state index is 0.0704. The number of sulfone groups is 1. The van der Waals surface area contributed by atoms with Gasteiger partial charge < -0.3 is 20.7 Å². The summed E-state index contributed by atoms with van der Waals surface area (Å²) in [5, 5.41) is 3.26. The third-order valence-electron chi connectivity index (χ3n) is 6.05. The molecule has 1 saturated heterocycles. The molecule has 1 fully saturated rings. The smallest absolute Gasteiger partial charge is 0.255 e. The molecule has 0 spiro atoms. The zero-order valence-corrected chi connectivity index (χ0v) is 20.8. The van der Waals surface area contributed by atoms with Gasteiger partial charge in [-0.3, -0.25) is 4.79 Å². The molecule has 1 aliphatic heterocycles. The molecule has 186 valence electrons. The van der Waals surface area contributed by atoms with Crippen molar-refractivity contribution in [2.45, 2.75) is 25.0 Å². The van der Waals surface area contributed by atoms with E-state index in [0.29, 0.717) is 53.0 Å². The van der Waals surface area contributed by atoms with E-state index in [4.69, 9.17) is 22.1 Å². The third kappa shape index (κ3) is 7.58. The first-order valence-corrected chi connectivity index (χ1v) is 13.4. The van der Waals surface area contributed by atoms with E-state index in [9.17, 15) is 17.6 Å². The summed E-state index contributed by atoms with van der Waals surface area (Å²) in [6, 6.07) is 8.62.